The van der Waals surface area contributed by atoms with Crippen molar-refractivity contribution in [1.29, 1.82) is 0 Å². The summed E-state index contributed by atoms with van der Waals surface area (Å²) in [5.41, 5.74) is 0.428. The molecule has 1 aliphatic carbocycles. The number of hydrogen-bond acceptors (Lipinski definition) is 3. The average molecular weight is 326 g/mol. The van der Waals surface area contributed by atoms with Crippen molar-refractivity contribution in [3.05, 3.63) is 34.9 Å². The summed E-state index contributed by atoms with van der Waals surface area (Å²) in [5, 5.41) is 14.0. The molecule has 21 heavy (non-hydrogen) atoms. The van der Waals surface area contributed by atoms with Gasteiger partial charge in [-0.1, -0.05) is 23.7 Å². The van der Waals surface area contributed by atoms with Crippen molar-refractivity contribution in [3.63, 3.8) is 0 Å². The molecule has 1 aromatic carbocycles. The van der Waals surface area contributed by atoms with Crippen LogP contribution in [0.2, 0.25) is 5.02 Å². The molecule has 114 valence electrons. The number of benzene rings is 1. The van der Waals surface area contributed by atoms with Crippen LogP contribution < -0.4 is 5.32 Å². The van der Waals surface area contributed by atoms with Crippen LogP contribution in [0.5, 0.6) is 0 Å². The number of halogens is 1. The lowest BCUT2D eigenvalue weighted by atomic mass is 9.97. The first-order chi connectivity index (χ1) is 10.1. The molecule has 0 aromatic heterocycles. The smallest absolute Gasteiger partial charge is 0.223 e. The van der Waals surface area contributed by atoms with Crippen LogP contribution in [0.1, 0.15) is 30.7 Å². The Balaban J connectivity index is 1.51. The molecule has 1 saturated carbocycles. The topological polar surface area (TPSA) is 49.3 Å². The molecule has 5 heteroatoms. The monoisotopic (exact) mass is 325 g/mol. The number of aliphatic hydroxyl groups is 1. The summed E-state index contributed by atoms with van der Waals surface area (Å²) in [7, 11) is 0. The molecule has 2 fully saturated rings. The van der Waals surface area contributed by atoms with Gasteiger partial charge < -0.3 is 10.4 Å². The molecule has 1 saturated heterocycles. The highest BCUT2D eigenvalue weighted by Gasteiger charge is 2.44. The van der Waals surface area contributed by atoms with Gasteiger partial charge in [-0.05, 0) is 54.4 Å². The van der Waals surface area contributed by atoms with E-state index in [9.17, 15) is 9.90 Å². The Kier molecular flexibility index (Phi) is 4.48. The van der Waals surface area contributed by atoms with Crippen LogP contribution in [0.25, 0.3) is 0 Å². The van der Waals surface area contributed by atoms with Crippen LogP contribution in [-0.2, 0) is 4.79 Å². The van der Waals surface area contributed by atoms with Crippen LogP contribution >= 0.6 is 23.4 Å². The molecule has 1 aliphatic heterocycles. The maximum Gasteiger partial charge on any atom is 0.223 e. The Labute approximate surface area is 134 Å². The first-order valence-electron chi connectivity index (χ1n) is 7.41. The number of thioether (sulfide) groups is 1. The van der Waals surface area contributed by atoms with E-state index >= 15 is 0 Å². The van der Waals surface area contributed by atoms with Gasteiger partial charge in [0.2, 0.25) is 5.91 Å². The number of hydrogen-bond donors (Lipinski definition) is 2. The summed E-state index contributed by atoms with van der Waals surface area (Å²) in [6.07, 6.45) is 2.40. The summed E-state index contributed by atoms with van der Waals surface area (Å²) in [5.74, 6) is 2.32. The van der Waals surface area contributed by atoms with E-state index in [1.54, 1.807) is 0 Å². The maximum absolute atomic E-state index is 12.2. The molecule has 2 N–H and O–H groups in total. The molecule has 1 heterocycles. The minimum absolute atomic E-state index is 0.0324. The van der Waals surface area contributed by atoms with E-state index in [0.29, 0.717) is 11.6 Å². The first-order valence-corrected chi connectivity index (χ1v) is 8.94. The molecule has 1 aromatic rings. The summed E-state index contributed by atoms with van der Waals surface area (Å²) < 4.78 is 0. The fourth-order valence-electron chi connectivity index (χ4n) is 2.90. The maximum atomic E-state index is 12.2. The van der Waals surface area contributed by atoms with E-state index in [4.69, 9.17) is 11.6 Å². The predicted octanol–water partition coefficient (Wildman–Crippen LogP) is 2.82. The molecule has 0 radical (unpaired) electrons. The lowest BCUT2D eigenvalue weighted by Crippen LogP contribution is -2.45. The van der Waals surface area contributed by atoms with Gasteiger partial charge in [-0.25, -0.2) is 0 Å². The number of amides is 1. The second-order valence-corrected chi connectivity index (χ2v) is 7.72. The molecule has 3 nitrogen and oxygen atoms in total. The van der Waals surface area contributed by atoms with Crippen molar-refractivity contribution in [2.75, 3.05) is 18.1 Å². The SMILES string of the molecule is O=C(NCC1(O)CCSCC1)C1CC1c1cccc(Cl)c1. The summed E-state index contributed by atoms with van der Waals surface area (Å²) in [4.78, 5) is 12.2. The third-order valence-corrected chi connectivity index (χ3v) is 5.64. The van der Waals surface area contributed by atoms with Gasteiger partial charge in [-0.15, -0.1) is 0 Å². The minimum Gasteiger partial charge on any atom is -0.388 e. The Morgan fingerprint density at radius 3 is 2.90 bits per heavy atom. The highest BCUT2D eigenvalue weighted by atomic mass is 35.5. The average Bonchev–Trinajstić information content (AvgIpc) is 3.26. The Morgan fingerprint density at radius 1 is 1.43 bits per heavy atom. The molecular weight excluding hydrogens is 306 g/mol. The minimum atomic E-state index is -0.707. The molecule has 3 rings (SSSR count). The molecule has 2 atom stereocenters. The van der Waals surface area contributed by atoms with Gasteiger partial charge in [-0.2, -0.15) is 11.8 Å². The van der Waals surface area contributed by atoms with E-state index in [-0.39, 0.29) is 17.7 Å². The fourth-order valence-corrected chi connectivity index (χ4v) is 4.35. The van der Waals surface area contributed by atoms with E-state index in [1.807, 2.05) is 36.0 Å². The summed E-state index contributed by atoms with van der Waals surface area (Å²) >= 11 is 7.85. The zero-order chi connectivity index (χ0) is 14.9. The molecule has 1 amide bonds. The van der Waals surface area contributed by atoms with E-state index in [0.717, 1.165) is 36.3 Å². The van der Waals surface area contributed by atoms with Crippen LogP contribution in [0.4, 0.5) is 0 Å². The third-order valence-electron chi connectivity index (χ3n) is 4.42. The second kappa shape index (κ2) is 6.19. The highest BCUT2D eigenvalue weighted by molar-refractivity contribution is 7.99. The van der Waals surface area contributed by atoms with Gasteiger partial charge in [0.05, 0.1) is 5.60 Å². The van der Waals surface area contributed by atoms with Gasteiger partial charge in [0.25, 0.3) is 0 Å². The largest absolute Gasteiger partial charge is 0.388 e. The number of carbonyl (C=O) groups excluding carboxylic acids is 1. The summed E-state index contributed by atoms with van der Waals surface area (Å²) in [6, 6.07) is 7.73. The quantitative estimate of drug-likeness (QED) is 0.895. The standard InChI is InChI=1S/C16H20ClNO2S/c17-12-3-1-2-11(8-12)13-9-14(13)15(19)18-10-16(20)4-6-21-7-5-16/h1-3,8,13-14,20H,4-7,9-10H2,(H,18,19). The lowest BCUT2D eigenvalue weighted by Gasteiger charge is -2.31. The van der Waals surface area contributed by atoms with E-state index < -0.39 is 5.60 Å². The zero-order valence-electron chi connectivity index (χ0n) is 11.8. The number of carbonyl (C=O) groups is 1. The number of nitrogens with one attached hydrogen (secondary N) is 1. The van der Waals surface area contributed by atoms with Crippen molar-refractivity contribution in [1.82, 2.24) is 5.32 Å². The zero-order valence-corrected chi connectivity index (χ0v) is 13.4. The van der Waals surface area contributed by atoms with Crippen molar-refractivity contribution in [2.24, 2.45) is 5.92 Å². The van der Waals surface area contributed by atoms with Gasteiger partial charge >= 0.3 is 0 Å². The first kappa shape index (κ1) is 15.2. The van der Waals surface area contributed by atoms with Gasteiger partial charge in [0.15, 0.2) is 0 Å². The van der Waals surface area contributed by atoms with Gasteiger partial charge in [-0.3, -0.25) is 4.79 Å². The molecule has 0 bridgehead atoms. The highest BCUT2D eigenvalue weighted by Crippen LogP contribution is 2.48. The second-order valence-electron chi connectivity index (χ2n) is 6.06. The molecule has 2 unspecified atom stereocenters. The predicted molar refractivity (Wildman–Crippen MR) is 86.8 cm³/mol. The van der Waals surface area contributed by atoms with Crippen molar-refractivity contribution < 1.29 is 9.90 Å². The van der Waals surface area contributed by atoms with E-state index in [2.05, 4.69) is 5.32 Å². The van der Waals surface area contributed by atoms with Crippen molar-refractivity contribution in [2.45, 2.75) is 30.8 Å². The van der Waals surface area contributed by atoms with E-state index in [1.165, 1.54) is 0 Å². The molecule has 2 aliphatic rings. The van der Waals surface area contributed by atoms with Crippen LogP contribution in [0.15, 0.2) is 24.3 Å². The lowest BCUT2D eigenvalue weighted by molar-refractivity contribution is -0.123. The van der Waals surface area contributed by atoms with Gasteiger partial charge in [0, 0.05) is 17.5 Å². The Bertz CT molecular complexity index is 531. The van der Waals surface area contributed by atoms with Crippen molar-refractivity contribution >= 4 is 29.3 Å². The third kappa shape index (κ3) is 3.74. The Morgan fingerprint density at radius 2 is 2.19 bits per heavy atom. The molecule has 0 spiro atoms. The Hall–Kier alpha value is -0.710. The van der Waals surface area contributed by atoms with Crippen LogP contribution in [0.3, 0.4) is 0 Å². The number of rotatable bonds is 4. The summed E-state index contributed by atoms with van der Waals surface area (Å²) in [6.45, 7) is 0.380. The van der Waals surface area contributed by atoms with Gasteiger partial charge in [0.1, 0.15) is 0 Å². The van der Waals surface area contributed by atoms with Crippen LogP contribution in [0, 0.1) is 5.92 Å². The molecular formula is C16H20ClNO2S. The fraction of sp³-hybridized carbons (Fsp3) is 0.562. The van der Waals surface area contributed by atoms with Crippen molar-refractivity contribution in [3.8, 4) is 0 Å². The normalized spacial score (nSPS) is 27.1. The van der Waals surface area contributed by atoms with Crippen LogP contribution in [-0.4, -0.2) is 34.7 Å².